The number of halogens is 5. The lowest BCUT2D eigenvalue weighted by Gasteiger charge is -2.29. The molecule has 0 spiro atoms. The molecule has 1 fully saturated rings. The van der Waals surface area contributed by atoms with Gasteiger partial charge in [0.2, 0.25) is 0 Å². The van der Waals surface area contributed by atoms with Gasteiger partial charge in [-0.3, -0.25) is 0 Å². The van der Waals surface area contributed by atoms with Crippen molar-refractivity contribution in [1.29, 1.82) is 0 Å². The first-order valence-electron chi connectivity index (χ1n) is 10.5. The van der Waals surface area contributed by atoms with E-state index in [4.69, 9.17) is 11.6 Å². The molecule has 0 amide bonds. The van der Waals surface area contributed by atoms with Crippen molar-refractivity contribution in [2.24, 2.45) is 5.92 Å². The van der Waals surface area contributed by atoms with Gasteiger partial charge >= 0.3 is 0 Å². The van der Waals surface area contributed by atoms with Gasteiger partial charge < -0.3 is 0 Å². The molecule has 3 rings (SSSR count). The lowest BCUT2D eigenvalue weighted by Crippen LogP contribution is -2.14. The Labute approximate surface area is 175 Å². The molecule has 0 atom stereocenters. The van der Waals surface area contributed by atoms with Gasteiger partial charge in [-0.05, 0) is 72.9 Å². The van der Waals surface area contributed by atoms with Gasteiger partial charge in [-0.1, -0.05) is 44.2 Å². The summed E-state index contributed by atoms with van der Waals surface area (Å²) in [6.45, 7) is 2.20. The predicted molar refractivity (Wildman–Crippen MR) is 109 cm³/mol. The van der Waals surface area contributed by atoms with Crippen LogP contribution < -0.4 is 0 Å². The van der Waals surface area contributed by atoms with Crippen LogP contribution in [0.15, 0.2) is 24.3 Å². The van der Waals surface area contributed by atoms with Crippen LogP contribution in [0.4, 0.5) is 17.6 Å². The van der Waals surface area contributed by atoms with E-state index in [2.05, 4.69) is 6.92 Å². The van der Waals surface area contributed by atoms with Crippen LogP contribution in [-0.2, 0) is 6.42 Å². The van der Waals surface area contributed by atoms with Crippen LogP contribution in [0, 0.1) is 29.2 Å². The summed E-state index contributed by atoms with van der Waals surface area (Å²) in [6, 6.07) is 4.81. The molecule has 2 aromatic rings. The van der Waals surface area contributed by atoms with Gasteiger partial charge in [0.05, 0.1) is 0 Å². The van der Waals surface area contributed by atoms with E-state index in [0.717, 1.165) is 43.7 Å². The Kier molecular flexibility index (Phi) is 7.61. The fourth-order valence-electron chi connectivity index (χ4n) is 4.41. The van der Waals surface area contributed by atoms with Crippen LogP contribution in [0.3, 0.4) is 0 Å². The third kappa shape index (κ3) is 5.53. The molecule has 0 nitrogen and oxygen atoms in total. The molecule has 0 unspecified atom stereocenters. The van der Waals surface area contributed by atoms with Crippen molar-refractivity contribution in [3.63, 3.8) is 0 Å². The lowest BCUT2D eigenvalue weighted by molar-refractivity contribution is 0.302. The summed E-state index contributed by atoms with van der Waals surface area (Å²) in [5, 5.41) is -0.615. The van der Waals surface area contributed by atoms with Crippen molar-refractivity contribution in [2.45, 2.75) is 70.6 Å². The summed E-state index contributed by atoms with van der Waals surface area (Å²) >= 11 is 5.47. The van der Waals surface area contributed by atoms with E-state index >= 15 is 0 Å². The molecule has 5 heteroatoms. The van der Waals surface area contributed by atoms with Gasteiger partial charge in [0.1, 0.15) is 28.3 Å². The highest BCUT2D eigenvalue weighted by Gasteiger charge is 2.24. The second-order valence-corrected chi connectivity index (χ2v) is 8.60. The van der Waals surface area contributed by atoms with Crippen LogP contribution in [0.5, 0.6) is 0 Å². The van der Waals surface area contributed by atoms with E-state index in [-0.39, 0.29) is 23.5 Å². The lowest BCUT2D eigenvalue weighted by atomic mass is 9.77. The molecule has 0 radical (unpaired) electrons. The van der Waals surface area contributed by atoms with E-state index < -0.39 is 28.3 Å². The van der Waals surface area contributed by atoms with Crippen molar-refractivity contribution in [2.75, 3.05) is 0 Å². The van der Waals surface area contributed by atoms with Crippen molar-refractivity contribution in [3.8, 4) is 0 Å². The third-order valence-corrected chi connectivity index (χ3v) is 6.48. The zero-order valence-corrected chi connectivity index (χ0v) is 17.5. The summed E-state index contributed by atoms with van der Waals surface area (Å²) in [4.78, 5) is 0. The molecule has 0 aromatic heterocycles. The summed E-state index contributed by atoms with van der Waals surface area (Å²) in [7, 11) is 0. The van der Waals surface area contributed by atoms with Crippen molar-refractivity contribution >= 4 is 11.6 Å². The minimum Gasteiger partial charge on any atom is -0.207 e. The average Bonchev–Trinajstić information content (AvgIpc) is 2.69. The topological polar surface area (TPSA) is 0 Å². The maximum absolute atomic E-state index is 14.7. The Balaban J connectivity index is 1.69. The SMILES string of the molecule is CCCCCC1CCC(c2cc(F)c(Cc3cc(F)c(Cl)c(F)c3)c(F)c2)CC1. The quantitative estimate of drug-likeness (QED) is 0.237. The number of benzene rings is 2. The molecular weight excluding hydrogens is 400 g/mol. The van der Waals surface area contributed by atoms with E-state index in [1.807, 2.05) is 0 Å². The normalized spacial score (nSPS) is 19.5. The monoisotopic (exact) mass is 426 g/mol. The van der Waals surface area contributed by atoms with Crippen LogP contribution in [0.1, 0.15) is 80.9 Å². The van der Waals surface area contributed by atoms with E-state index in [1.54, 1.807) is 0 Å². The van der Waals surface area contributed by atoms with Gasteiger partial charge in [-0.15, -0.1) is 0 Å². The molecule has 1 aliphatic rings. The molecule has 1 saturated carbocycles. The highest BCUT2D eigenvalue weighted by molar-refractivity contribution is 6.30. The first-order valence-corrected chi connectivity index (χ1v) is 10.9. The predicted octanol–water partition coefficient (Wildman–Crippen LogP) is 8.34. The highest BCUT2D eigenvalue weighted by Crippen LogP contribution is 2.38. The van der Waals surface area contributed by atoms with Crippen LogP contribution in [-0.4, -0.2) is 0 Å². The molecule has 158 valence electrons. The van der Waals surface area contributed by atoms with Gasteiger partial charge in [0, 0.05) is 12.0 Å². The first-order chi connectivity index (χ1) is 13.9. The Hall–Kier alpha value is -1.55. The zero-order valence-electron chi connectivity index (χ0n) is 16.7. The van der Waals surface area contributed by atoms with Crippen molar-refractivity contribution in [3.05, 3.63) is 69.2 Å². The van der Waals surface area contributed by atoms with Gasteiger partial charge in [-0.2, -0.15) is 0 Å². The van der Waals surface area contributed by atoms with Crippen LogP contribution >= 0.6 is 11.6 Å². The summed E-state index contributed by atoms with van der Waals surface area (Å²) in [6.07, 6.45) is 8.85. The van der Waals surface area contributed by atoms with E-state index in [9.17, 15) is 17.6 Å². The number of hydrogen-bond acceptors (Lipinski definition) is 0. The average molecular weight is 427 g/mol. The molecule has 0 saturated heterocycles. The minimum absolute atomic E-state index is 0.141. The van der Waals surface area contributed by atoms with Gasteiger partial charge in [0.15, 0.2) is 0 Å². The molecule has 0 aliphatic heterocycles. The number of hydrogen-bond donors (Lipinski definition) is 0. The maximum atomic E-state index is 14.7. The number of rotatable bonds is 7. The fraction of sp³-hybridized carbons (Fsp3) is 0.500. The smallest absolute Gasteiger partial charge is 0.145 e. The third-order valence-electron chi connectivity index (χ3n) is 6.12. The Morgan fingerprint density at radius 1 is 0.828 bits per heavy atom. The first kappa shape index (κ1) is 22.1. The zero-order chi connectivity index (χ0) is 21.0. The van der Waals surface area contributed by atoms with Gasteiger partial charge in [0.25, 0.3) is 0 Å². The molecule has 29 heavy (non-hydrogen) atoms. The summed E-state index contributed by atoms with van der Waals surface area (Å²) in [5.41, 5.74) is 0.648. The second kappa shape index (κ2) is 9.97. The minimum atomic E-state index is -0.935. The molecule has 0 N–H and O–H groups in total. The molecule has 1 aliphatic carbocycles. The second-order valence-electron chi connectivity index (χ2n) is 8.23. The van der Waals surface area contributed by atoms with Crippen LogP contribution in [0.25, 0.3) is 0 Å². The molecular formula is C24H27ClF4. The Morgan fingerprint density at radius 3 is 1.97 bits per heavy atom. The fourth-order valence-corrected chi connectivity index (χ4v) is 4.52. The molecule has 0 heterocycles. The van der Waals surface area contributed by atoms with E-state index in [1.165, 1.54) is 37.8 Å². The Morgan fingerprint density at radius 2 is 1.41 bits per heavy atom. The summed E-state index contributed by atoms with van der Waals surface area (Å²) in [5.74, 6) is -2.31. The van der Waals surface area contributed by atoms with Crippen molar-refractivity contribution in [1.82, 2.24) is 0 Å². The van der Waals surface area contributed by atoms with Crippen molar-refractivity contribution < 1.29 is 17.6 Å². The number of unbranched alkanes of at least 4 members (excludes halogenated alkanes) is 2. The van der Waals surface area contributed by atoms with E-state index in [0.29, 0.717) is 5.56 Å². The van der Waals surface area contributed by atoms with Gasteiger partial charge in [-0.25, -0.2) is 17.6 Å². The maximum Gasteiger partial charge on any atom is 0.145 e. The summed E-state index contributed by atoms with van der Waals surface area (Å²) < 4.78 is 56.6. The highest BCUT2D eigenvalue weighted by atomic mass is 35.5. The van der Waals surface area contributed by atoms with Crippen LogP contribution in [0.2, 0.25) is 5.02 Å². The molecule has 2 aromatic carbocycles. The Bertz CT molecular complexity index is 795. The largest absolute Gasteiger partial charge is 0.207 e. The molecule has 0 bridgehead atoms. The standard InChI is InChI=1S/C24H27ClF4/c1-2-3-4-5-15-6-8-17(9-7-15)18-13-20(26)19(21(27)14-18)10-16-11-22(28)24(25)23(29)12-16/h11-15,17H,2-10H2,1H3.